The van der Waals surface area contributed by atoms with Crippen LogP contribution in [0.1, 0.15) is 68.9 Å². The Morgan fingerprint density at radius 3 is 2.43 bits per heavy atom. The number of likely N-dealkylation sites (tertiary alicyclic amines) is 1. The summed E-state index contributed by atoms with van der Waals surface area (Å²) >= 11 is 0. The highest BCUT2D eigenvalue weighted by molar-refractivity contribution is 5.88. The largest absolute Gasteiger partial charge is 0.496 e. The molecule has 1 aliphatic heterocycles. The number of benzene rings is 2. The summed E-state index contributed by atoms with van der Waals surface area (Å²) < 4.78 is 17.0. The molecule has 0 aliphatic carbocycles. The van der Waals surface area contributed by atoms with Gasteiger partial charge < -0.3 is 35.3 Å². The van der Waals surface area contributed by atoms with Crippen molar-refractivity contribution in [2.75, 3.05) is 27.4 Å². The van der Waals surface area contributed by atoms with E-state index in [0.29, 0.717) is 12.8 Å². The third kappa shape index (κ3) is 8.71. The minimum Gasteiger partial charge on any atom is -0.496 e. The Kier molecular flexibility index (Phi) is 13.4. The Morgan fingerprint density at radius 1 is 1.07 bits per heavy atom. The van der Waals surface area contributed by atoms with E-state index in [4.69, 9.17) is 19.9 Å². The molecule has 4 N–H and O–H groups in total. The van der Waals surface area contributed by atoms with E-state index in [1.54, 1.807) is 25.2 Å². The summed E-state index contributed by atoms with van der Waals surface area (Å²) in [6.07, 6.45) is 10.0. The van der Waals surface area contributed by atoms with Crippen molar-refractivity contribution in [1.29, 1.82) is 0 Å². The number of nitrogens with one attached hydrogen (secondary N) is 1. The molecule has 240 valence electrons. The summed E-state index contributed by atoms with van der Waals surface area (Å²) in [7, 11) is 3.22. The number of carbonyl (C=O) groups excluding carboxylic acids is 2. The number of alkyl carbamates (subject to hydrolysis) is 1. The van der Waals surface area contributed by atoms with Gasteiger partial charge in [-0.1, -0.05) is 49.8 Å². The molecule has 1 aliphatic rings. The number of nitrogens with two attached hydrogens (primary N) is 1. The lowest BCUT2D eigenvalue weighted by molar-refractivity contribution is -0.137. The average molecular weight is 608 g/mol. The first kappa shape index (κ1) is 34.8. The molecule has 3 rings (SSSR count). The van der Waals surface area contributed by atoms with Crippen LogP contribution in [0.25, 0.3) is 16.8 Å². The standard InChI is InChI=1S/C35H49N3O6/c1-6-9-11-13-14-16-29(37-34(41)44-19-15-12-10-7-2)33(40)38-24-35(43-5,23-30(38)32(36)39)28-18-17-26-22-31(42-4)25(8-3)20-27(26)21-28/h6-8,17-18,20-22,29-30,32,39H,1-3,9-16,19,23-24,36H2,4-5H3,(H,37,41)/t29-,30-,32?,35-/m0/s1. The lowest BCUT2D eigenvalue weighted by atomic mass is 9.88. The molecule has 0 aromatic heterocycles. The van der Waals surface area contributed by atoms with Gasteiger partial charge in [-0.05, 0) is 73.1 Å². The van der Waals surface area contributed by atoms with Gasteiger partial charge in [0, 0.05) is 19.1 Å². The van der Waals surface area contributed by atoms with Crippen LogP contribution in [-0.2, 0) is 19.9 Å². The summed E-state index contributed by atoms with van der Waals surface area (Å²) in [4.78, 5) is 28.4. The predicted molar refractivity (Wildman–Crippen MR) is 175 cm³/mol. The zero-order valence-corrected chi connectivity index (χ0v) is 26.3. The molecule has 0 radical (unpaired) electrons. The molecule has 1 saturated heterocycles. The number of nitrogens with zero attached hydrogens (tertiary/aromatic N) is 1. The van der Waals surface area contributed by atoms with E-state index in [1.807, 2.05) is 42.5 Å². The molecule has 9 heteroatoms. The first-order chi connectivity index (χ1) is 21.2. The Balaban J connectivity index is 1.87. The number of rotatable bonds is 18. The van der Waals surface area contributed by atoms with Crippen molar-refractivity contribution < 1.29 is 28.9 Å². The smallest absolute Gasteiger partial charge is 0.407 e. The van der Waals surface area contributed by atoms with Gasteiger partial charge in [-0.3, -0.25) is 4.79 Å². The predicted octanol–water partition coefficient (Wildman–Crippen LogP) is 5.80. The second-order valence-electron chi connectivity index (χ2n) is 11.3. The van der Waals surface area contributed by atoms with Gasteiger partial charge in [0.05, 0.1) is 26.3 Å². The fourth-order valence-electron chi connectivity index (χ4n) is 5.85. The van der Waals surface area contributed by atoms with Crippen LogP contribution in [0.2, 0.25) is 0 Å². The normalized spacial score (nSPS) is 19.3. The lowest BCUT2D eigenvalue weighted by Crippen LogP contribution is -2.54. The van der Waals surface area contributed by atoms with E-state index in [2.05, 4.69) is 25.1 Å². The molecule has 4 atom stereocenters. The van der Waals surface area contributed by atoms with Gasteiger partial charge in [0.25, 0.3) is 0 Å². The van der Waals surface area contributed by atoms with Crippen molar-refractivity contribution in [1.82, 2.24) is 10.2 Å². The van der Waals surface area contributed by atoms with Crippen molar-refractivity contribution in [2.45, 2.75) is 81.7 Å². The van der Waals surface area contributed by atoms with Crippen LogP contribution in [0.4, 0.5) is 4.79 Å². The van der Waals surface area contributed by atoms with Gasteiger partial charge in [0.2, 0.25) is 5.91 Å². The molecule has 2 amide bonds. The molecule has 0 saturated carbocycles. The molecule has 0 spiro atoms. The number of ether oxygens (including phenoxy) is 3. The minimum absolute atomic E-state index is 0.155. The van der Waals surface area contributed by atoms with E-state index < -0.39 is 30.0 Å². The van der Waals surface area contributed by atoms with Gasteiger partial charge in [-0.25, -0.2) is 4.79 Å². The monoisotopic (exact) mass is 607 g/mol. The Hall–Kier alpha value is -3.66. The fraction of sp³-hybridized carbons (Fsp3) is 0.486. The molecule has 2 aromatic rings. The van der Waals surface area contributed by atoms with E-state index in [1.165, 1.54) is 0 Å². The number of amides is 2. The van der Waals surface area contributed by atoms with Crippen LogP contribution in [-0.4, -0.2) is 67.7 Å². The minimum atomic E-state index is -1.31. The number of fused-ring (bicyclic) bond motifs is 1. The number of unbranched alkanes of at least 4 members (excludes halogenated alkanes) is 5. The summed E-state index contributed by atoms with van der Waals surface area (Å²) in [6.45, 7) is 11.8. The molecular weight excluding hydrogens is 558 g/mol. The van der Waals surface area contributed by atoms with Crippen LogP contribution >= 0.6 is 0 Å². The number of aliphatic hydroxyl groups excluding tert-OH is 1. The van der Waals surface area contributed by atoms with Gasteiger partial charge in [0.1, 0.15) is 23.6 Å². The van der Waals surface area contributed by atoms with Gasteiger partial charge in [-0.2, -0.15) is 0 Å². The molecule has 0 bridgehead atoms. The topological polar surface area (TPSA) is 123 Å². The number of carbonyl (C=O) groups is 2. The lowest BCUT2D eigenvalue weighted by Gasteiger charge is -2.31. The van der Waals surface area contributed by atoms with Crippen LogP contribution in [0.5, 0.6) is 5.75 Å². The highest BCUT2D eigenvalue weighted by atomic mass is 16.5. The van der Waals surface area contributed by atoms with E-state index in [-0.39, 0.29) is 25.5 Å². The van der Waals surface area contributed by atoms with Crippen molar-refractivity contribution in [3.63, 3.8) is 0 Å². The Labute approximate surface area is 261 Å². The molecule has 44 heavy (non-hydrogen) atoms. The number of hydrogen-bond acceptors (Lipinski definition) is 7. The number of aliphatic hydroxyl groups is 1. The Bertz CT molecular complexity index is 1290. The van der Waals surface area contributed by atoms with Gasteiger partial charge in [-0.15, -0.1) is 13.2 Å². The van der Waals surface area contributed by atoms with Crippen LogP contribution in [0.3, 0.4) is 0 Å². The number of allylic oxidation sites excluding steroid dienone is 2. The molecule has 2 aromatic carbocycles. The number of methoxy groups -OCH3 is 2. The second-order valence-corrected chi connectivity index (χ2v) is 11.3. The van der Waals surface area contributed by atoms with E-state index in [9.17, 15) is 14.7 Å². The third-order valence-electron chi connectivity index (χ3n) is 8.39. The third-order valence-corrected chi connectivity index (χ3v) is 8.39. The highest BCUT2D eigenvalue weighted by Gasteiger charge is 2.50. The van der Waals surface area contributed by atoms with Crippen molar-refractivity contribution in [2.24, 2.45) is 5.73 Å². The fourth-order valence-corrected chi connectivity index (χ4v) is 5.85. The zero-order chi connectivity index (χ0) is 32.1. The summed E-state index contributed by atoms with van der Waals surface area (Å²) in [5.41, 5.74) is 6.83. The molecule has 1 fully saturated rings. The maximum Gasteiger partial charge on any atom is 0.407 e. The highest BCUT2D eigenvalue weighted by Crippen LogP contribution is 2.41. The molecular formula is C35H49N3O6. The van der Waals surface area contributed by atoms with E-state index in [0.717, 1.165) is 66.2 Å². The second kappa shape index (κ2) is 17.0. The Morgan fingerprint density at radius 2 is 1.80 bits per heavy atom. The zero-order valence-electron chi connectivity index (χ0n) is 26.3. The van der Waals surface area contributed by atoms with Gasteiger partial charge in [0.15, 0.2) is 0 Å². The van der Waals surface area contributed by atoms with Gasteiger partial charge >= 0.3 is 6.09 Å². The average Bonchev–Trinajstić information content (AvgIpc) is 3.44. The molecule has 1 unspecified atom stereocenters. The van der Waals surface area contributed by atoms with Crippen LogP contribution in [0, 0.1) is 0 Å². The van der Waals surface area contributed by atoms with Crippen molar-refractivity contribution in [3.8, 4) is 5.75 Å². The van der Waals surface area contributed by atoms with E-state index >= 15 is 0 Å². The number of hydrogen-bond donors (Lipinski definition) is 3. The summed E-state index contributed by atoms with van der Waals surface area (Å²) in [6, 6.07) is 8.36. The first-order valence-corrected chi connectivity index (χ1v) is 15.4. The summed E-state index contributed by atoms with van der Waals surface area (Å²) in [5.74, 6) is 0.397. The van der Waals surface area contributed by atoms with Crippen LogP contribution < -0.4 is 15.8 Å². The maximum absolute atomic E-state index is 14.1. The van der Waals surface area contributed by atoms with Crippen molar-refractivity contribution in [3.05, 3.63) is 73.3 Å². The summed E-state index contributed by atoms with van der Waals surface area (Å²) in [5, 5.41) is 15.4. The van der Waals surface area contributed by atoms with Crippen LogP contribution in [0.15, 0.2) is 62.2 Å². The van der Waals surface area contributed by atoms with Crippen molar-refractivity contribution >= 4 is 28.8 Å². The first-order valence-electron chi connectivity index (χ1n) is 15.4. The molecule has 1 heterocycles. The quantitative estimate of drug-likeness (QED) is 0.111. The molecule has 9 nitrogen and oxygen atoms in total. The SMILES string of the molecule is C=CCCCCC[C@H](NC(=O)OCCCCC=C)C(=O)N1C[C@](OC)(c2ccc3cc(OC)c(C=C)cc3c2)C[C@H]1C(N)O. The maximum atomic E-state index is 14.1.